The van der Waals surface area contributed by atoms with E-state index in [2.05, 4.69) is 23.6 Å². The summed E-state index contributed by atoms with van der Waals surface area (Å²) in [4.78, 5) is 9.42. The molecule has 0 radical (unpaired) electrons. The summed E-state index contributed by atoms with van der Waals surface area (Å²) < 4.78 is 5.49. The van der Waals surface area contributed by atoms with E-state index in [1.807, 2.05) is 11.8 Å². The van der Waals surface area contributed by atoms with Gasteiger partial charge in [0.25, 0.3) is 0 Å². The average Bonchev–Trinajstić information content (AvgIpc) is 2.97. The topological polar surface area (TPSA) is 54.1 Å². The zero-order valence-corrected chi connectivity index (χ0v) is 16.4. The molecule has 0 aromatic rings. The number of ether oxygens (including phenoxy) is 1. The Morgan fingerprint density at radius 1 is 1.33 bits per heavy atom. The van der Waals surface area contributed by atoms with Gasteiger partial charge < -0.3 is 15.4 Å². The van der Waals surface area contributed by atoms with E-state index >= 15 is 0 Å². The summed E-state index contributed by atoms with van der Waals surface area (Å²) in [6.07, 6.45) is 1.21. The van der Waals surface area contributed by atoms with Gasteiger partial charge in [0.05, 0.1) is 25.3 Å². The van der Waals surface area contributed by atoms with E-state index in [1.54, 1.807) is 0 Å². The summed E-state index contributed by atoms with van der Waals surface area (Å²) in [5, 5.41) is 0. The number of hydrogen-bond acceptors (Lipinski definition) is 4. The third-order valence-electron chi connectivity index (χ3n) is 4.39. The minimum absolute atomic E-state index is 0. The molecule has 0 aliphatic carbocycles. The maximum absolute atomic E-state index is 6.13. The number of morpholine rings is 1. The summed E-state index contributed by atoms with van der Waals surface area (Å²) >= 11 is 2.04. The maximum Gasteiger partial charge on any atom is 0.191 e. The van der Waals surface area contributed by atoms with Crippen molar-refractivity contribution in [3.8, 4) is 0 Å². The highest BCUT2D eigenvalue weighted by atomic mass is 127. The third kappa shape index (κ3) is 4.87. The van der Waals surface area contributed by atoms with Crippen molar-refractivity contribution in [3.05, 3.63) is 0 Å². The Kier molecular flexibility index (Phi) is 8.66. The summed E-state index contributed by atoms with van der Waals surface area (Å²) in [6.45, 7) is 10.7. The standard InChI is InChI=1S/C14H28N4OS.HI/c1-3-17(4-2)13(15)16-11-14(5-10-20-12-14)18-6-8-19-9-7-18;/h3-12H2,1-2H3,(H2,15,16);1H. The predicted molar refractivity (Wildman–Crippen MR) is 102 cm³/mol. The van der Waals surface area contributed by atoms with Crippen LogP contribution in [0.5, 0.6) is 0 Å². The Balaban J connectivity index is 0.00000220. The van der Waals surface area contributed by atoms with Crippen molar-refractivity contribution < 1.29 is 4.74 Å². The van der Waals surface area contributed by atoms with Crippen LogP contribution in [0.3, 0.4) is 0 Å². The summed E-state index contributed by atoms with van der Waals surface area (Å²) in [6, 6.07) is 0. The molecule has 2 rings (SSSR count). The van der Waals surface area contributed by atoms with Crippen LogP contribution in [0.25, 0.3) is 0 Å². The van der Waals surface area contributed by atoms with E-state index in [4.69, 9.17) is 15.5 Å². The fourth-order valence-corrected chi connectivity index (χ4v) is 4.45. The average molecular weight is 428 g/mol. The van der Waals surface area contributed by atoms with Gasteiger partial charge in [-0.05, 0) is 26.0 Å². The van der Waals surface area contributed by atoms with Gasteiger partial charge in [-0.15, -0.1) is 24.0 Å². The molecule has 1 atom stereocenters. The minimum atomic E-state index is 0. The number of thioether (sulfide) groups is 1. The van der Waals surface area contributed by atoms with Gasteiger partial charge in [-0.2, -0.15) is 11.8 Å². The van der Waals surface area contributed by atoms with Crippen molar-refractivity contribution in [2.45, 2.75) is 25.8 Å². The van der Waals surface area contributed by atoms with Gasteiger partial charge in [0.15, 0.2) is 5.96 Å². The highest BCUT2D eigenvalue weighted by Gasteiger charge is 2.40. The molecule has 2 aliphatic rings. The molecule has 21 heavy (non-hydrogen) atoms. The molecule has 0 amide bonds. The first-order valence-corrected chi connectivity index (χ1v) is 8.82. The first-order valence-electron chi connectivity index (χ1n) is 7.67. The molecule has 1 unspecified atom stereocenters. The monoisotopic (exact) mass is 428 g/mol. The molecule has 0 aromatic heterocycles. The SMILES string of the molecule is CCN(CC)C(N)=NCC1(N2CCOCC2)CCSC1.I. The molecule has 2 aliphatic heterocycles. The van der Waals surface area contributed by atoms with E-state index < -0.39 is 0 Å². The highest BCUT2D eigenvalue weighted by molar-refractivity contribution is 14.0. The molecule has 5 nitrogen and oxygen atoms in total. The van der Waals surface area contributed by atoms with Crippen LogP contribution < -0.4 is 5.73 Å². The first-order chi connectivity index (χ1) is 9.72. The van der Waals surface area contributed by atoms with Gasteiger partial charge in [0, 0.05) is 31.9 Å². The number of hydrogen-bond donors (Lipinski definition) is 1. The molecule has 2 N–H and O–H groups in total. The van der Waals surface area contributed by atoms with Crippen LogP contribution in [-0.2, 0) is 4.74 Å². The van der Waals surface area contributed by atoms with Crippen molar-refractivity contribution in [2.75, 3.05) is 57.4 Å². The number of aliphatic imine (C=N–C) groups is 1. The van der Waals surface area contributed by atoms with Gasteiger partial charge in [-0.3, -0.25) is 9.89 Å². The highest BCUT2D eigenvalue weighted by Crippen LogP contribution is 2.34. The van der Waals surface area contributed by atoms with Gasteiger partial charge in [0.2, 0.25) is 0 Å². The quantitative estimate of drug-likeness (QED) is 0.409. The second-order valence-corrected chi connectivity index (χ2v) is 6.58. The van der Waals surface area contributed by atoms with E-state index in [-0.39, 0.29) is 29.5 Å². The van der Waals surface area contributed by atoms with Crippen molar-refractivity contribution in [2.24, 2.45) is 10.7 Å². The summed E-state index contributed by atoms with van der Waals surface area (Å²) in [5.74, 6) is 3.10. The fraction of sp³-hybridized carbons (Fsp3) is 0.929. The Bertz CT molecular complexity index is 327. The molecule has 0 spiro atoms. The van der Waals surface area contributed by atoms with Crippen LogP contribution in [0, 0.1) is 0 Å². The Labute approximate surface area is 150 Å². The molecule has 124 valence electrons. The maximum atomic E-state index is 6.13. The second kappa shape index (κ2) is 9.42. The first kappa shape index (κ1) is 19.3. The van der Waals surface area contributed by atoms with Crippen LogP contribution in [0.1, 0.15) is 20.3 Å². The Morgan fingerprint density at radius 3 is 2.52 bits per heavy atom. The van der Waals surface area contributed by atoms with Gasteiger partial charge in [-0.1, -0.05) is 0 Å². The summed E-state index contributed by atoms with van der Waals surface area (Å²) in [7, 11) is 0. The zero-order valence-electron chi connectivity index (χ0n) is 13.2. The van der Waals surface area contributed by atoms with E-state index in [0.29, 0.717) is 5.96 Å². The van der Waals surface area contributed by atoms with Crippen molar-refractivity contribution in [1.82, 2.24) is 9.80 Å². The van der Waals surface area contributed by atoms with E-state index in [1.165, 1.54) is 17.9 Å². The lowest BCUT2D eigenvalue weighted by Gasteiger charge is -2.42. The predicted octanol–water partition coefficient (Wildman–Crippen LogP) is 1.47. The van der Waals surface area contributed by atoms with E-state index in [0.717, 1.165) is 45.9 Å². The van der Waals surface area contributed by atoms with Crippen LogP contribution >= 0.6 is 35.7 Å². The molecule has 0 saturated carbocycles. The molecule has 2 saturated heterocycles. The number of rotatable bonds is 5. The minimum Gasteiger partial charge on any atom is -0.379 e. The lowest BCUT2D eigenvalue weighted by Crippen LogP contribution is -2.56. The lowest BCUT2D eigenvalue weighted by atomic mass is 9.96. The summed E-state index contributed by atoms with van der Waals surface area (Å²) in [5.41, 5.74) is 6.33. The third-order valence-corrected chi connectivity index (χ3v) is 5.62. The van der Waals surface area contributed by atoms with Crippen molar-refractivity contribution >= 4 is 41.7 Å². The van der Waals surface area contributed by atoms with Crippen LogP contribution in [0.4, 0.5) is 0 Å². The van der Waals surface area contributed by atoms with Gasteiger partial charge in [0.1, 0.15) is 0 Å². The number of nitrogens with two attached hydrogens (primary N) is 1. The molecule has 2 heterocycles. The lowest BCUT2D eigenvalue weighted by molar-refractivity contribution is -0.0104. The normalized spacial score (nSPS) is 27.4. The molecule has 2 fully saturated rings. The Morgan fingerprint density at radius 2 is 2.00 bits per heavy atom. The molecule has 0 bridgehead atoms. The van der Waals surface area contributed by atoms with E-state index in [9.17, 15) is 0 Å². The van der Waals surface area contributed by atoms with Crippen molar-refractivity contribution in [1.29, 1.82) is 0 Å². The number of guanidine groups is 1. The molecular weight excluding hydrogens is 399 g/mol. The largest absolute Gasteiger partial charge is 0.379 e. The van der Waals surface area contributed by atoms with Crippen molar-refractivity contribution in [3.63, 3.8) is 0 Å². The molecule has 0 aromatic carbocycles. The fourth-order valence-electron chi connectivity index (χ4n) is 2.98. The molecular formula is C14H29IN4OS. The van der Waals surface area contributed by atoms with Crippen LogP contribution in [0.2, 0.25) is 0 Å². The van der Waals surface area contributed by atoms with Gasteiger partial charge in [-0.25, -0.2) is 0 Å². The molecule has 7 heteroatoms. The number of nitrogens with zero attached hydrogens (tertiary/aromatic N) is 3. The van der Waals surface area contributed by atoms with Gasteiger partial charge >= 0.3 is 0 Å². The Hall–Kier alpha value is 0.270. The number of halogens is 1. The van der Waals surface area contributed by atoms with Crippen LogP contribution in [-0.4, -0.2) is 78.7 Å². The van der Waals surface area contributed by atoms with Crippen LogP contribution in [0.15, 0.2) is 4.99 Å². The second-order valence-electron chi connectivity index (χ2n) is 5.47. The zero-order chi connectivity index (χ0) is 14.4. The smallest absolute Gasteiger partial charge is 0.191 e.